The summed E-state index contributed by atoms with van der Waals surface area (Å²) in [6.07, 6.45) is 7.23. The standard InChI is InChI=1S/C12H14N4/c1-2-9-6-11(8-14-12(9)3-1)13-7-10-4-5-15-16-10/h4-6,8,13H,1-3,7H2,(H,15,16). The van der Waals surface area contributed by atoms with Gasteiger partial charge < -0.3 is 5.32 Å². The van der Waals surface area contributed by atoms with E-state index in [1.807, 2.05) is 12.3 Å². The summed E-state index contributed by atoms with van der Waals surface area (Å²) in [6.45, 7) is 0.764. The monoisotopic (exact) mass is 214 g/mol. The molecule has 2 aromatic rings. The van der Waals surface area contributed by atoms with Crippen LogP contribution >= 0.6 is 0 Å². The van der Waals surface area contributed by atoms with Crippen molar-refractivity contribution < 1.29 is 0 Å². The Morgan fingerprint density at radius 3 is 3.25 bits per heavy atom. The van der Waals surface area contributed by atoms with Crippen molar-refractivity contribution in [3.63, 3.8) is 0 Å². The van der Waals surface area contributed by atoms with Crippen LogP contribution < -0.4 is 5.32 Å². The van der Waals surface area contributed by atoms with Gasteiger partial charge in [0.1, 0.15) is 0 Å². The van der Waals surface area contributed by atoms with E-state index in [9.17, 15) is 0 Å². The van der Waals surface area contributed by atoms with Crippen molar-refractivity contribution in [3.8, 4) is 0 Å². The highest BCUT2D eigenvalue weighted by Crippen LogP contribution is 2.22. The third-order valence-corrected chi connectivity index (χ3v) is 2.96. The minimum atomic E-state index is 0.764. The second-order valence-electron chi connectivity index (χ2n) is 4.12. The van der Waals surface area contributed by atoms with Crippen LogP contribution in [-0.2, 0) is 19.4 Å². The van der Waals surface area contributed by atoms with Crippen LogP contribution in [0.4, 0.5) is 5.69 Å². The Balaban J connectivity index is 1.71. The van der Waals surface area contributed by atoms with Crippen LogP contribution in [0.2, 0.25) is 0 Å². The van der Waals surface area contributed by atoms with E-state index in [2.05, 4.69) is 26.6 Å². The highest BCUT2D eigenvalue weighted by atomic mass is 15.1. The first-order valence-corrected chi connectivity index (χ1v) is 5.62. The van der Waals surface area contributed by atoms with Gasteiger partial charge in [0.15, 0.2) is 0 Å². The predicted molar refractivity (Wildman–Crippen MR) is 62.2 cm³/mol. The van der Waals surface area contributed by atoms with Gasteiger partial charge in [0.25, 0.3) is 0 Å². The van der Waals surface area contributed by atoms with E-state index >= 15 is 0 Å². The molecule has 0 spiro atoms. The maximum atomic E-state index is 4.47. The van der Waals surface area contributed by atoms with Crippen molar-refractivity contribution in [1.82, 2.24) is 15.2 Å². The number of aryl methyl sites for hydroxylation is 2. The fraction of sp³-hybridized carbons (Fsp3) is 0.333. The van der Waals surface area contributed by atoms with Crippen LogP contribution in [-0.4, -0.2) is 15.2 Å². The second kappa shape index (κ2) is 3.96. The Labute approximate surface area is 94.1 Å². The molecule has 0 aliphatic heterocycles. The molecule has 0 fully saturated rings. The molecule has 3 rings (SSSR count). The highest BCUT2D eigenvalue weighted by molar-refractivity contribution is 5.46. The van der Waals surface area contributed by atoms with Gasteiger partial charge in [-0.2, -0.15) is 5.10 Å². The minimum Gasteiger partial charge on any atom is -0.378 e. The van der Waals surface area contributed by atoms with E-state index in [4.69, 9.17) is 0 Å². The zero-order valence-corrected chi connectivity index (χ0v) is 9.03. The number of rotatable bonds is 3. The lowest BCUT2D eigenvalue weighted by atomic mass is 10.2. The lowest BCUT2D eigenvalue weighted by molar-refractivity contribution is 0.899. The van der Waals surface area contributed by atoms with Gasteiger partial charge in [-0.25, -0.2) is 0 Å². The molecule has 0 bridgehead atoms. The summed E-state index contributed by atoms with van der Waals surface area (Å²) in [6, 6.07) is 4.18. The van der Waals surface area contributed by atoms with Crippen LogP contribution in [0.25, 0.3) is 0 Å². The minimum absolute atomic E-state index is 0.764. The number of hydrogen-bond acceptors (Lipinski definition) is 3. The van der Waals surface area contributed by atoms with E-state index in [1.54, 1.807) is 6.20 Å². The number of H-pyrrole nitrogens is 1. The van der Waals surface area contributed by atoms with Gasteiger partial charge in [0, 0.05) is 11.9 Å². The van der Waals surface area contributed by atoms with Crippen LogP contribution in [0.15, 0.2) is 24.5 Å². The number of pyridine rings is 1. The molecule has 0 atom stereocenters. The van der Waals surface area contributed by atoms with E-state index in [-0.39, 0.29) is 0 Å². The Bertz CT molecular complexity index is 476. The molecule has 1 aliphatic rings. The van der Waals surface area contributed by atoms with E-state index in [0.717, 1.165) is 24.3 Å². The highest BCUT2D eigenvalue weighted by Gasteiger charge is 2.11. The average Bonchev–Trinajstić information content (AvgIpc) is 2.97. The van der Waals surface area contributed by atoms with Crippen molar-refractivity contribution in [1.29, 1.82) is 0 Å². The molecule has 4 nitrogen and oxygen atoms in total. The summed E-state index contributed by atoms with van der Waals surface area (Å²) >= 11 is 0. The first-order valence-electron chi connectivity index (χ1n) is 5.62. The van der Waals surface area contributed by atoms with Gasteiger partial charge in [-0.15, -0.1) is 0 Å². The predicted octanol–water partition coefficient (Wildman–Crippen LogP) is 1.91. The maximum absolute atomic E-state index is 4.47. The molecule has 0 saturated heterocycles. The van der Waals surface area contributed by atoms with Gasteiger partial charge in [-0.05, 0) is 37.0 Å². The van der Waals surface area contributed by atoms with Crippen LogP contribution in [0.1, 0.15) is 23.4 Å². The van der Waals surface area contributed by atoms with Crippen molar-refractivity contribution in [2.75, 3.05) is 5.32 Å². The Morgan fingerprint density at radius 1 is 1.38 bits per heavy atom. The summed E-state index contributed by atoms with van der Waals surface area (Å²) in [4.78, 5) is 4.47. The third kappa shape index (κ3) is 1.78. The normalized spacial score (nSPS) is 13.8. The molecule has 2 aromatic heterocycles. The van der Waals surface area contributed by atoms with Gasteiger partial charge in [-0.3, -0.25) is 10.1 Å². The molecule has 0 amide bonds. The lowest BCUT2D eigenvalue weighted by Gasteiger charge is -2.06. The van der Waals surface area contributed by atoms with Crippen molar-refractivity contribution in [3.05, 3.63) is 41.5 Å². The molecule has 2 N–H and O–H groups in total. The molecule has 2 heterocycles. The molecule has 4 heteroatoms. The summed E-state index contributed by atoms with van der Waals surface area (Å²) in [5.41, 5.74) is 4.84. The van der Waals surface area contributed by atoms with Gasteiger partial charge in [-0.1, -0.05) is 0 Å². The molecule has 0 radical (unpaired) electrons. The van der Waals surface area contributed by atoms with E-state index < -0.39 is 0 Å². The molecule has 0 saturated carbocycles. The molecular formula is C12H14N4. The number of aromatic amines is 1. The van der Waals surface area contributed by atoms with Crippen LogP contribution in [0, 0.1) is 0 Å². The third-order valence-electron chi connectivity index (χ3n) is 2.96. The summed E-state index contributed by atoms with van der Waals surface area (Å²) in [5, 5.41) is 10.2. The average molecular weight is 214 g/mol. The number of nitrogens with zero attached hydrogens (tertiary/aromatic N) is 2. The van der Waals surface area contributed by atoms with E-state index in [0.29, 0.717) is 0 Å². The molecular weight excluding hydrogens is 200 g/mol. The zero-order chi connectivity index (χ0) is 10.8. The molecule has 16 heavy (non-hydrogen) atoms. The summed E-state index contributed by atoms with van der Waals surface area (Å²) < 4.78 is 0. The van der Waals surface area contributed by atoms with Crippen LogP contribution in [0.5, 0.6) is 0 Å². The zero-order valence-electron chi connectivity index (χ0n) is 9.03. The Kier molecular flexibility index (Phi) is 2.33. The molecule has 1 aliphatic carbocycles. The lowest BCUT2D eigenvalue weighted by Crippen LogP contribution is -2.01. The van der Waals surface area contributed by atoms with E-state index in [1.165, 1.54) is 24.1 Å². The number of nitrogens with one attached hydrogen (secondary N) is 2. The smallest absolute Gasteiger partial charge is 0.0568 e. The largest absolute Gasteiger partial charge is 0.378 e. The first kappa shape index (κ1) is 9.39. The number of fused-ring (bicyclic) bond motifs is 1. The topological polar surface area (TPSA) is 53.6 Å². The fourth-order valence-electron chi connectivity index (χ4n) is 2.10. The second-order valence-corrected chi connectivity index (χ2v) is 4.12. The van der Waals surface area contributed by atoms with Crippen molar-refractivity contribution >= 4 is 5.69 Å². The molecule has 82 valence electrons. The number of anilines is 1. The van der Waals surface area contributed by atoms with Crippen molar-refractivity contribution in [2.45, 2.75) is 25.8 Å². The van der Waals surface area contributed by atoms with Gasteiger partial charge in [0.05, 0.1) is 24.1 Å². The quantitative estimate of drug-likeness (QED) is 0.820. The maximum Gasteiger partial charge on any atom is 0.0568 e. The van der Waals surface area contributed by atoms with Gasteiger partial charge >= 0.3 is 0 Å². The first-order chi connectivity index (χ1) is 7.92. The SMILES string of the molecule is c1cc(CNc2cnc3c(c2)CCC3)[nH]n1. The van der Waals surface area contributed by atoms with Crippen molar-refractivity contribution in [2.24, 2.45) is 0 Å². The summed E-state index contributed by atoms with van der Waals surface area (Å²) in [7, 11) is 0. The number of hydrogen-bond donors (Lipinski definition) is 2. The molecule has 0 aromatic carbocycles. The Morgan fingerprint density at radius 2 is 2.38 bits per heavy atom. The Hall–Kier alpha value is -1.84. The summed E-state index contributed by atoms with van der Waals surface area (Å²) in [5.74, 6) is 0. The van der Waals surface area contributed by atoms with Crippen LogP contribution in [0.3, 0.4) is 0 Å². The fourth-order valence-corrected chi connectivity index (χ4v) is 2.10. The van der Waals surface area contributed by atoms with Gasteiger partial charge in [0.2, 0.25) is 0 Å². The molecule has 0 unspecified atom stereocenters. The number of aromatic nitrogens is 3.